The van der Waals surface area contributed by atoms with Gasteiger partial charge in [-0.25, -0.2) is 4.39 Å². The summed E-state index contributed by atoms with van der Waals surface area (Å²) in [5.74, 6) is 0.826. The SMILES string of the molecule is Fc1ccccc1NC1=NC2(CCCC2)CS1. The van der Waals surface area contributed by atoms with Crippen molar-refractivity contribution >= 4 is 22.6 Å². The Bertz CT molecular complexity index is 452. The van der Waals surface area contributed by atoms with E-state index in [1.807, 2.05) is 6.07 Å². The van der Waals surface area contributed by atoms with E-state index in [0.717, 1.165) is 10.9 Å². The van der Waals surface area contributed by atoms with Crippen molar-refractivity contribution in [3.63, 3.8) is 0 Å². The zero-order valence-electron chi connectivity index (χ0n) is 9.58. The number of nitrogens with one attached hydrogen (secondary N) is 1. The van der Waals surface area contributed by atoms with Crippen LogP contribution in [-0.2, 0) is 0 Å². The standard InChI is InChI=1S/C13H15FN2S/c14-10-5-1-2-6-11(10)15-12-16-13(9-17-12)7-3-4-8-13/h1-2,5-6H,3-4,7-9H2,(H,15,16). The van der Waals surface area contributed by atoms with Gasteiger partial charge < -0.3 is 5.32 Å². The van der Waals surface area contributed by atoms with Gasteiger partial charge in [0.1, 0.15) is 5.82 Å². The van der Waals surface area contributed by atoms with E-state index in [1.165, 1.54) is 31.7 Å². The molecule has 0 bridgehead atoms. The summed E-state index contributed by atoms with van der Waals surface area (Å²) in [6, 6.07) is 6.74. The van der Waals surface area contributed by atoms with Gasteiger partial charge in [0.15, 0.2) is 5.17 Å². The van der Waals surface area contributed by atoms with Crippen molar-refractivity contribution in [1.29, 1.82) is 0 Å². The van der Waals surface area contributed by atoms with Crippen LogP contribution in [0.2, 0.25) is 0 Å². The van der Waals surface area contributed by atoms with Gasteiger partial charge in [-0.15, -0.1) is 0 Å². The molecule has 3 rings (SSSR count). The van der Waals surface area contributed by atoms with E-state index in [9.17, 15) is 4.39 Å². The molecule has 90 valence electrons. The van der Waals surface area contributed by atoms with Crippen LogP contribution in [0.3, 0.4) is 0 Å². The molecule has 1 spiro atoms. The summed E-state index contributed by atoms with van der Waals surface area (Å²) in [6.45, 7) is 0. The molecule has 1 saturated carbocycles. The number of rotatable bonds is 1. The Morgan fingerprint density at radius 1 is 1.24 bits per heavy atom. The third-order valence-electron chi connectivity index (χ3n) is 3.47. The van der Waals surface area contributed by atoms with Gasteiger partial charge in [-0.2, -0.15) is 0 Å². The first-order valence-corrected chi connectivity index (χ1v) is 7.00. The molecule has 0 radical (unpaired) electrons. The number of aliphatic imine (C=N–C) groups is 1. The average Bonchev–Trinajstić information content (AvgIpc) is 2.94. The first-order chi connectivity index (χ1) is 8.27. The number of hydrogen-bond donors (Lipinski definition) is 1. The number of para-hydroxylation sites is 1. The Balaban J connectivity index is 1.77. The summed E-state index contributed by atoms with van der Waals surface area (Å²) in [5, 5.41) is 3.97. The third-order valence-corrected chi connectivity index (χ3v) is 4.61. The molecule has 4 heteroatoms. The number of anilines is 1. The molecule has 0 unspecified atom stereocenters. The van der Waals surface area contributed by atoms with Crippen molar-refractivity contribution < 1.29 is 4.39 Å². The molecule has 0 aromatic heterocycles. The van der Waals surface area contributed by atoms with Crippen molar-refractivity contribution in [2.75, 3.05) is 11.1 Å². The van der Waals surface area contributed by atoms with E-state index in [-0.39, 0.29) is 11.4 Å². The normalized spacial score (nSPS) is 21.8. The predicted octanol–water partition coefficient (Wildman–Crippen LogP) is 3.65. The Labute approximate surface area is 105 Å². The summed E-state index contributed by atoms with van der Waals surface area (Å²) in [7, 11) is 0. The summed E-state index contributed by atoms with van der Waals surface area (Å²) in [6.07, 6.45) is 4.92. The van der Waals surface area contributed by atoms with Crippen molar-refractivity contribution in [1.82, 2.24) is 0 Å². The zero-order chi connectivity index (χ0) is 11.7. The van der Waals surface area contributed by atoms with Crippen LogP contribution < -0.4 is 5.32 Å². The molecule has 1 aromatic carbocycles. The molecule has 2 aliphatic rings. The van der Waals surface area contributed by atoms with Crippen molar-refractivity contribution in [3.05, 3.63) is 30.1 Å². The van der Waals surface area contributed by atoms with E-state index in [0.29, 0.717) is 5.69 Å². The maximum Gasteiger partial charge on any atom is 0.161 e. The van der Waals surface area contributed by atoms with Gasteiger partial charge in [-0.1, -0.05) is 36.7 Å². The van der Waals surface area contributed by atoms with Gasteiger partial charge in [0.25, 0.3) is 0 Å². The molecule has 0 saturated heterocycles. The molecule has 1 N–H and O–H groups in total. The first-order valence-electron chi connectivity index (χ1n) is 6.02. The Hall–Kier alpha value is -1.03. The second-order valence-corrected chi connectivity index (χ2v) is 5.71. The fourth-order valence-electron chi connectivity index (χ4n) is 2.51. The molecule has 17 heavy (non-hydrogen) atoms. The molecule has 0 amide bonds. The minimum Gasteiger partial charge on any atom is -0.333 e. The highest BCUT2D eigenvalue weighted by atomic mass is 32.2. The lowest BCUT2D eigenvalue weighted by molar-refractivity contribution is 0.508. The van der Waals surface area contributed by atoms with Crippen molar-refractivity contribution in [2.24, 2.45) is 4.99 Å². The van der Waals surface area contributed by atoms with Crippen molar-refractivity contribution in [3.8, 4) is 0 Å². The fourth-order valence-corrected chi connectivity index (χ4v) is 3.71. The molecule has 0 atom stereocenters. The molecular formula is C13H15FN2S. The number of benzene rings is 1. The predicted molar refractivity (Wildman–Crippen MR) is 71.1 cm³/mol. The highest BCUT2D eigenvalue weighted by Gasteiger charge is 2.38. The number of halogens is 1. The molecule has 1 aliphatic carbocycles. The maximum absolute atomic E-state index is 13.5. The van der Waals surface area contributed by atoms with Crippen molar-refractivity contribution in [2.45, 2.75) is 31.2 Å². The minimum absolute atomic E-state index is 0.151. The number of hydrogen-bond acceptors (Lipinski definition) is 3. The van der Waals surface area contributed by atoms with Crippen LogP contribution in [0.1, 0.15) is 25.7 Å². The van der Waals surface area contributed by atoms with Gasteiger partial charge in [0.05, 0.1) is 11.2 Å². The largest absolute Gasteiger partial charge is 0.333 e. The molecule has 1 fully saturated rings. The summed E-state index contributed by atoms with van der Waals surface area (Å²) in [5.41, 5.74) is 0.673. The van der Waals surface area contributed by atoms with E-state index >= 15 is 0 Å². The van der Waals surface area contributed by atoms with Crippen LogP contribution in [-0.4, -0.2) is 16.5 Å². The molecule has 1 heterocycles. The minimum atomic E-state index is -0.219. The molecular weight excluding hydrogens is 235 g/mol. The lowest BCUT2D eigenvalue weighted by atomic mass is 10.0. The second kappa shape index (κ2) is 4.33. The second-order valence-electron chi connectivity index (χ2n) is 4.74. The van der Waals surface area contributed by atoms with Gasteiger partial charge in [0.2, 0.25) is 0 Å². The summed E-state index contributed by atoms with van der Waals surface area (Å²) in [4.78, 5) is 4.76. The van der Waals surface area contributed by atoms with Crippen LogP contribution in [0.25, 0.3) is 0 Å². The van der Waals surface area contributed by atoms with Crippen LogP contribution in [0.5, 0.6) is 0 Å². The Morgan fingerprint density at radius 3 is 2.76 bits per heavy atom. The van der Waals surface area contributed by atoms with Crippen LogP contribution in [0.4, 0.5) is 10.1 Å². The highest BCUT2D eigenvalue weighted by molar-refractivity contribution is 8.14. The van der Waals surface area contributed by atoms with E-state index in [1.54, 1.807) is 23.9 Å². The Morgan fingerprint density at radius 2 is 2.00 bits per heavy atom. The molecule has 1 aromatic rings. The summed E-state index contributed by atoms with van der Waals surface area (Å²) >= 11 is 1.71. The smallest absolute Gasteiger partial charge is 0.161 e. The maximum atomic E-state index is 13.5. The lowest BCUT2D eigenvalue weighted by Crippen LogP contribution is -2.21. The average molecular weight is 250 g/mol. The van der Waals surface area contributed by atoms with Crippen LogP contribution in [0, 0.1) is 5.82 Å². The van der Waals surface area contributed by atoms with Gasteiger partial charge in [0, 0.05) is 5.75 Å². The van der Waals surface area contributed by atoms with Gasteiger partial charge in [-0.3, -0.25) is 4.99 Å². The molecule has 2 nitrogen and oxygen atoms in total. The van der Waals surface area contributed by atoms with E-state index in [4.69, 9.17) is 4.99 Å². The topological polar surface area (TPSA) is 24.4 Å². The third kappa shape index (κ3) is 2.18. The highest BCUT2D eigenvalue weighted by Crippen LogP contribution is 2.41. The molecule has 1 aliphatic heterocycles. The number of nitrogens with zero attached hydrogens (tertiary/aromatic N) is 1. The first kappa shape index (κ1) is 11.1. The van der Waals surface area contributed by atoms with Crippen LogP contribution >= 0.6 is 11.8 Å². The van der Waals surface area contributed by atoms with Crippen LogP contribution in [0.15, 0.2) is 29.3 Å². The Kier molecular flexibility index (Phi) is 2.82. The van der Waals surface area contributed by atoms with E-state index in [2.05, 4.69) is 5.32 Å². The summed E-state index contributed by atoms with van der Waals surface area (Å²) < 4.78 is 13.5. The number of amidine groups is 1. The van der Waals surface area contributed by atoms with Gasteiger partial charge in [-0.05, 0) is 25.0 Å². The zero-order valence-corrected chi connectivity index (χ0v) is 10.4. The fraction of sp³-hybridized carbons (Fsp3) is 0.462. The monoisotopic (exact) mass is 250 g/mol. The quantitative estimate of drug-likeness (QED) is 0.822. The number of thioether (sulfide) groups is 1. The van der Waals surface area contributed by atoms with E-state index < -0.39 is 0 Å². The lowest BCUT2D eigenvalue weighted by Gasteiger charge is -2.16. The van der Waals surface area contributed by atoms with Gasteiger partial charge >= 0.3 is 0 Å².